The summed E-state index contributed by atoms with van der Waals surface area (Å²) < 4.78 is 4.81. The van der Waals surface area contributed by atoms with Gasteiger partial charge in [-0.15, -0.1) is 0 Å². The molecule has 2 atom stereocenters. The molecule has 0 heterocycles. The van der Waals surface area contributed by atoms with E-state index in [2.05, 4.69) is 13.8 Å². The van der Waals surface area contributed by atoms with Crippen molar-refractivity contribution in [2.45, 2.75) is 58.4 Å². The molecule has 3 nitrogen and oxygen atoms in total. The lowest BCUT2D eigenvalue weighted by molar-refractivity contribution is -0.144. The third-order valence-electron chi connectivity index (χ3n) is 4.33. The first kappa shape index (κ1) is 13.5. The summed E-state index contributed by atoms with van der Waals surface area (Å²) in [6, 6.07) is 0.0923. The van der Waals surface area contributed by atoms with Gasteiger partial charge in [0.15, 0.2) is 0 Å². The van der Waals surface area contributed by atoms with Crippen molar-refractivity contribution in [2.75, 3.05) is 7.11 Å². The maximum atomic E-state index is 11.5. The standard InChI is InChI=1S/C13H25NO2/c1-4-11(14)13(2,9-12(15)16-3)10-7-5-6-8-10/h10-11H,4-9,14H2,1-3H3. The number of rotatable bonds is 5. The van der Waals surface area contributed by atoms with Gasteiger partial charge in [0.1, 0.15) is 0 Å². The maximum Gasteiger partial charge on any atom is 0.306 e. The van der Waals surface area contributed by atoms with E-state index in [4.69, 9.17) is 10.5 Å². The quantitative estimate of drug-likeness (QED) is 0.734. The summed E-state index contributed by atoms with van der Waals surface area (Å²) in [5.74, 6) is 0.458. The van der Waals surface area contributed by atoms with Gasteiger partial charge in [-0.3, -0.25) is 4.79 Å². The minimum Gasteiger partial charge on any atom is -0.469 e. The molecule has 1 aliphatic carbocycles. The van der Waals surface area contributed by atoms with Gasteiger partial charge in [-0.2, -0.15) is 0 Å². The molecule has 0 saturated heterocycles. The van der Waals surface area contributed by atoms with Crippen LogP contribution in [0.4, 0.5) is 0 Å². The van der Waals surface area contributed by atoms with E-state index < -0.39 is 0 Å². The van der Waals surface area contributed by atoms with Crippen LogP contribution in [0.1, 0.15) is 52.4 Å². The van der Waals surface area contributed by atoms with Crippen LogP contribution in [0.3, 0.4) is 0 Å². The Kier molecular flexibility index (Phi) is 4.78. The Balaban J connectivity index is 2.77. The molecule has 1 fully saturated rings. The van der Waals surface area contributed by atoms with E-state index in [0.29, 0.717) is 12.3 Å². The summed E-state index contributed by atoms with van der Waals surface area (Å²) in [7, 11) is 1.45. The molecule has 3 heteroatoms. The number of nitrogens with two attached hydrogens (primary N) is 1. The number of carbonyl (C=O) groups excluding carboxylic acids is 1. The van der Waals surface area contributed by atoms with Crippen molar-refractivity contribution in [1.29, 1.82) is 0 Å². The molecule has 0 bridgehead atoms. The monoisotopic (exact) mass is 227 g/mol. The number of carbonyl (C=O) groups is 1. The van der Waals surface area contributed by atoms with Crippen molar-refractivity contribution in [3.05, 3.63) is 0 Å². The van der Waals surface area contributed by atoms with Crippen LogP contribution >= 0.6 is 0 Å². The first-order valence-electron chi connectivity index (χ1n) is 6.37. The highest BCUT2D eigenvalue weighted by Gasteiger charge is 2.41. The van der Waals surface area contributed by atoms with E-state index in [0.717, 1.165) is 6.42 Å². The number of methoxy groups -OCH3 is 1. The molecule has 2 unspecified atom stereocenters. The van der Waals surface area contributed by atoms with Gasteiger partial charge in [0.05, 0.1) is 13.5 Å². The van der Waals surface area contributed by atoms with Crippen molar-refractivity contribution in [1.82, 2.24) is 0 Å². The van der Waals surface area contributed by atoms with Crippen molar-refractivity contribution in [3.8, 4) is 0 Å². The molecule has 1 rings (SSSR count). The van der Waals surface area contributed by atoms with Crippen LogP contribution in [0.2, 0.25) is 0 Å². The van der Waals surface area contributed by atoms with Crippen LogP contribution in [-0.2, 0) is 9.53 Å². The molecule has 1 aliphatic rings. The number of hydrogen-bond donors (Lipinski definition) is 1. The van der Waals surface area contributed by atoms with Crippen molar-refractivity contribution < 1.29 is 9.53 Å². The van der Waals surface area contributed by atoms with Crippen molar-refractivity contribution >= 4 is 5.97 Å². The molecule has 0 spiro atoms. The number of hydrogen-bond acceptors (Lipinski definition) is 3. The smallest absolute Gasteiger partial charge is 0.306 e. The predicted octanol–water partition coefficient (Wildman–Crippen LogP) is 2.48. The number of esters is 1. The molecule has 1 saturated carbocycles. The van der Waals surface area contributed by atoms with Crippen LogP contribution in [0.15, 0.2) is 0 Å². The molecule has 0 aromatic rings. The maximum absolute atomic E-state index is 11.5. The Labute approximate surface area is 98.7 Å². The third kappa shape index (κ3) is 2.76. The highest BCUT2D eigenvalue weighted by molar-refractivity contribution is 5.70. The van der Waals surface area contributed by atoms with Gasteiger partial charge in [0, 0.05) is 6.04 Å². The van der Waals surface area contributed by atoms with Gasteiger partial charge in [-0.1, -0.05) is 26.7 Å². The highest BCUT2D eigenvalue weighted by atomic mass is 16.5. The Morgan fingerprint density at radius 1 is 1.50 bits per heavy atom. The summed E-state index contributed by atoms with van der Waals surface area (Å²) in [6.45, 7) is 4.25. The fourth-order valence-corrected chi connectivity index (χ4v) is 3.01. The van der Waals surface area contributed by atoms with Crippen molar-refractivity contribution in [3.63, 3.8) is 0 Å². The fraction of sp³-hybridized carbons (Fsp3) is 0.923. The predicted molar refractivity (Wildman–Crippen MR) is 65.0 cm³/mol. The van der Waals surface area contributed by atoms with Crippen LogP contribution < -0.4 is 5.73 Å². The van der Waals surface area contributed by atoms with Gasteiger partial charge < -0.3 is 10.5 Å². The zero-order valence-corrected chi connectivity index (χ0v) is 10.8. The Morgan fingerprint density at radius 3 is 2.50 bits per heavy atom. The molecule has 16 heavy (non-hydrogen) atoms. The van der Waals surface area contributed by atoms with Crippen LogP contribution in [0, 0.1) is 11.3 Å². The minimum absolute atomic E-state index is 0.0850. The average Bonchev–Trinajstić information content (AvgIpc) is 2.81. The third-order valence-corrected chi connectivity index (χ3v) is 4.33. The zero-order valence-electron chi connectivity index (χ0n) is 10.8. The molecule has 0 aromatic carbocycles. The molecule has 0 aliphatic heterocycles. The van der Waals surface area contributed by atoms with E-state index >= 15 is 0 Å². The van der Waals surface area contributed by atoms with E-state index in [1.165, 1.54) is 32.8 Å². The van der Waals surface area contributed by atoms with Gasteiger partial charge in [-0.05, 0) is 30.6 Å². The van der Waals surface area contributed by atoms with Crippen LogP contribution in [0.25, 0.3) is 0 Å². The van der Waals surface area contributed by atoms with E-state index in [-0.39, 0.29) is 17.4 Å². The highest BCUT2D eigenvalue weighted by Crippen LogP contribution is 2.44. The van der Waals surface area contributed by atoms with Gasteiger partial charge in [0.2, 0.25) is 0 Å². The normalized spacial score (nSPS) is 22.8. The summed E-state index contributed by atoms with van der Waals surface area (Å²) in [5, 5.41) is 0. The molecule has 0 radical (unpaired) electrons. The summed E-state index contributed by atoms with van der Waals surface area (Å²) in [5.41, 5.74) is 6.14. The molecule has 0 aromatic heterocycles. The first-order chi connectivity index (χ1) is 7.54. The van der Waals surface area contributed by atoms with Gasteiger partial charge >= 0.3 is 5.97 Å². The topological polar surface area (TPSA) is 52.3 Å². The molecular weight excluding hydrogens is 202 g/mol. The summed E-state index contributed by atoms with van der Waals surface area (Å²) >= 11 is 0. The van der Waals surface area contributed by atoms with Crippen LogP contribution in [0.5, 0.6) is 0 Å². The number of ether oxygens (including phenoxy) is 1. The lowest BCUT2D eigenvalue weighted by Crippen LogP contribution is -2.45. The SMILES string of the molecule is CCC(N)C(C)(CC(=O)OC)C1CCCC1. The second-order valence-electron chi connectivity index (χ2n) is 5.25. The lowest BCUT2D eigenvalue weighted by Gasteiger charge is -2.39. The van der Waals surface area contributed by atoms with E-state index in [1.807, 2.05) is 0 Å². The fourth-order valence-electron chi connectivity index (χ4n) is 3.01. The summed E-state index contributed by atoms with van der Waals surface area (Å²) in [4.78, 5) is 11.5. The summed E-state index contributed by atoms with van der Waals surface area (Å²) in [6.07, 6.45) is 6.35. The minimum atomic E-state index is -0.127. The first-order valence-corrected chi connectivity index (χ1v) is 6.37. The largest absolute Gasteiger partial charge is 0.469 e. The Morgan fingerprint density at radius 2 is 2.06 bits per heavy atom. The molecule has 2 N–H and O–H groups in total. The van der Waals surface area contributed by atoms with Gasteiger partial charge in [-0.25, -0.2) is 0 Å². The Hall–Kier alpha value is -0.570. The van der Waals surface area contributed by atoms with Crippen LogP contribution in [-0.4, -0.2) is 19.1 Å². The lowest BCUT2D eigenvalue weighted by atomic mass is 9.68. The van der Waals surface area contributed by atoms with E-state index in [9.17, 15) is 4.79 Å². The molecule has 94 valence electrons. The van der Waals surface area contributed by atoms with E-state index in [1.54, 1.807) is 0 Å². The average molecular weight is 227 g/mol. The second-order valence-corrected chi connectivity index (χ2v) is 5.25. The molecule has 0 amide bonds. The zero-order chi connectivity index (χ0) is 12.2. The molecular formula is C13H25NO2. The Bertz CT molecular complexity index is 236. The van der Waals surface area contributed by atoms with Crippen molar-refractivity contribution in [2.24, 2.45) is 17.1 Å². The second kappa shape index (κ2) is 5.67. The van der Waals surface area contributed by atoms with Gasteiger partial charge in [0.25, 0.3) is 0 Å².